The first-order chi connectivity index (χ1) is 13.0. The zero-order valence-electron chi connectivity index (χ0n) is 14.5. The summed E-state index contributed by atoms with van der Waals surface area (Å²) in [5, 5.41) is 0.407. The average Bonchev–Trinajstić information content (AvgIpc) is 2.92. The van der Waals surface area contributed by atoms with Gasteiger partial charge in [0.15, 0.2) is 0 Å². The molecule has 3 aromatic rings. The molecule has 1 amide bonds. The molecule has 0 saturated carbocycles. The van der Waals surface area contributed by atoms with Gasteiger partial charge in [-0.3, -0.25) is 4.79 Å². The lowest BCUT2D eigenvalue weighted by molar-refractivity contribution is 0.0762. The second-order valence-electron chi connectivity index (χ2n) is 6.64. The van der Waals surface area contributed by atoms with Gasteiger partial charge in [0.2, 0.25) is 0 Å². The Bertz CT molecular complexity index is 987. The molecule has 0 spiro atoms. The Balaban J connectivity index is 1.51. The number of halogens is 3. The van der Waals surface area contributed by atoms with Gasteiger partial charge in [0.25, 0.3) is 5.91 Å². The van der Waals surface area contributed by atoms with Crippen molar-refractivity contribution in [3.63, 3.8) is 0 Å². The molecule has 0 bridgehead atoms. The maximum absolute atomic E-state index is 14.1. The number of anilines is 1. The summed E-state index contributed by atoms with van der Waals surface area (Å²) in [5.74, 6) is -0.765. The zero-order chi connectivity index (χ0) is 19.0. The second kappa shape index (κ2) is 7.31. The summed E-state index contributed by atoms with van der Waals surface area (Å²) < 4.78 is 27.8. The number of H-pyrrole nitrogens is 1. The summed E-state index contributed by atoms with van der Waals surface area (Å²) in [6.45, 7) is 2.64. The number of nitrogens with zero attached hydrogens (tertiary/aromatic N) is 2. The fraction of sp³-hybridized carbons (Fsp3) is 0.250. The van der Waals surface area contributed by atoms with Gasteiger partial charge in [-0.15, -0.1) is 0 Å². The third-order valence-electron chi connectivity index (χ3n) is 4.86. The molecule has 4 nitrogen and oxygen atoms in total. The minimum Gasteiger partial charge on any atom is -0.370 e. The van der Waals surface area contributed by atoms with Crippen LogP contribution >= 0.6 is 15.9 Å². The van der Waals surface area contributed by atoms with E-state index in [1.54, 1.807) is 29.2 Å². The first-order valence-electron chi connectivity index (χ1n) is 8.79. The van der Waals surface area contributed by atoms with Crippen LogP contribution in [0.5, 0.6) is 0 Å². The summed E-state index contributed by atoms with van der Waals surface area (Å²) in [5.41, 5.74) is 1.92. The third kappa shape index (κ3) is 3.69. The van der Waals surface area contributed by atoms with Gasteiger partial charge in [-0.1, -0.05) is 15.9 Å². The number of aromatic amines is 1. The lowest BCUT2D eigenvalue weighted by Gasteiger charge is -2.23. The van der Waals surface area contributed by atoms with E-state index in [-0.39, 0.29) is 17.5 Å². The summed E-state index contributed by atoms with van der Waals surface area (Å²) in [6.07, 6.45) is 0.809. The summed E-state index contributed by atoms with van der Waals surface area (Å²) in [6, 6.07) is 11.1. The first-order valence-corrected chi connectivity index (χ1v) is 9.58. The van der Waals surface area contributed by atoms with E-state index in [1.165, 1.54) is 18.2 Å². The molecule has 1 aliphatic heterocycles. The Hall–Kier alpha value is -2.41. The van der Waals surface area contributed by atoms with Crippen LogP contribution in [-0.2, 0) is 0 Å². The highest BCUT2D eigenvalue weighted by Crippen LogP contribution is 2.25. The third-order valence-corrected chi connectivity index (χ3v) is 5.32. The molecule has 7 heteroatoms. The molecule has 27 heavy (non-hydrogen) atoms. The van der Waals surface area contributed by atoms with Crippen LogP contribution in [0.15, 0.2) is 46.9 Å². The topological polar surface area (TPSA) is 39.3 Å². The molecule has 1 saturated heterocycles. The molecule has 0 radical (unpaired) electrons. The van der Waals surface area contributed by atoms with Gasteiger partial charge in [0.05, 0.1) is 5.52 Å². The van der Waals surface area contributed by atoms with Crippen molar-refractivity contribution >= 4 is 38.4 Å². The van der Waals surface area contributed by atoms with Crippen LogP contribution < -0.4 is 4.90 Å². The minimum atomic E-state index is -0.368. The van der Waals surface area contributed by atoms with E-state index < -0.39 is 0 Å². The number of hydrogen-bond acceptors (Lipinski definition) is 2. The highest BCUT2D eigenvalue weighted by Gasteiger charge is 2.22. The van der Waals surface area contributed by atoms with Crippen molar-refractivity contribution in [3.8, 4) is 0 Å². The van der Waals surface area contributed by atoms with Crippen LogP contribution in [0.3, 0.4) is 0 Å². The Morgan fingerprint density at radius 2 is 1.78 bits per heavy atom. The largest absolute Gasteiger partial charge is 0.370 e. The lowest BCUT2D eigenvalue weighted by atomic mass is 10.2. The number of fused-ring (bicyclic) bond motifs is 1. The van der Waals surface area contributed by atoms with E-state index >= 15 is 0 Å². The van der Waals surface area contributed by atoms with Crippen molar-refractivity contribution in [2.75, 3.05) is 31.1 Å². The van der Waals surface area contributed by atoms with E-state index in [2.05, 4.69) is 25.8 Å². The summed E-state index contributed by atoms with van der Waals surface area (Å²) >= 11 is 3.27. The molecule has 140 valence electrons. The first kappa shape index (κ1) is 18.0. The maximum atomic E-state index is 14.1. The molecule has 1 aliphatic rings. The van der Waals surface area contributed by atoms with Crippen LogP contribution in [0.1, 0.15) is 16.9 Å². The molecular formula is C20H18BrF2N3O. The highest BCUT2D eigenvalue weighted by atomic mass is 79.9. The van der Waals surface area contributed by atoms with Crippen molar-refractivity contribution in [1.82, 2.24) is 9.88 Å². The van der Waals surface area contributed by atoms with Crippen molar-refractivity contribution in [2.45, 2.75) is 6.42 Å². The fourth-order valence-corrected chi connectivity index (χ4v) is 3.91. The predicted molar refractivity (Wildman–Crippen MR) is 105 cm³/mol. The number of aromatic nitrogens is 1. The molecule has 1 N–H and O–H groups in total. The van der Waals surface area contributed by atoms with Crippen LogP contribution in [-0.4, -0.2) is 42.0 Å². The second-order valence-corrected chi connectivity index (χ2v) is 7.56. The van der Waals surface area contributed by atoms with Gasteiger partial charge < -0.3 is 14.8 Å². The Kier molecular flexibility index (Phi) is 4.86. The number of nitrogens with one attached hydrogen (secondary N) is 1. The number of benzene rings is 2. The van der Waals surface area contributed by atoms with Crippen LogP contribution in [0.2, 0.25) is 0 Å². The molecule has 0 unspecified atom stereocenters. The smallest absolute Gasteiger partial charge is 0.270 e. The van der Waals surface area contributed by atoms with E-state index in [9.17, 15) is 13.6 Å². The monoisotopic (exact) mass is 433 g/mol. The molecule has 2 aromatic carbocycles. The van der Waals surface area contributed by atoms with E-state index in [0.29, 0.717) is 40.7 Å². The molecule has 1 fully saturated rings. The Labute approximate surface area is 163 Å². The number of rotatable bonds is 2. The van der Waals surface area contributed by atoms with Crippen LogP contribution in [0.4, 0.5) is 14.5 Å². The van der Waals surface area contributed by atoms with Crippen molar-refractivity contribution in [1.29, 1.82) is 0 Å². The van der Waals surface area contributed by atoms with Crippen molar-refractivity contribution in [2.24, 2.45) is 0 Å². The minimum absolute atomic E-state index is 0.136. The van der Waals surface area contributed by atoms with E-state index in [0.717, 1.165) is 18.7 Å². The van der Waals surface area contributed by atoms with Gasteiger partial charge in [-0.25, -0.2) is 8.78 Å². The molecule has 0 atom stereocenters. The molecule has 2 heterocycles. The number of carbonyl (C=O) groups excluding carboxylic acids is 1. The number of hydrogen-bond donors (Lipinski definition) is 1. The van der Waals surface area contributed by atoms with E-state index in [4.69, 9.17) is 0 Å². The van der Waals surface area contributed by atoms with Gasteiger partial charge in [0.1, 0.15) is 17.3 Å². The Morgan fingerprint density at radius 1 is 1.00 bits per heavy atom. The summed E-state index contributed by atoms with van der Waals surface area (Å²) in [4.78, 5) is 19.9. The lowest BCUT2D eigenvalue weighted by Crippen LogP contribution is -2.35. The van der Waals surface area contributed by atoms with E-state index in [1.807, 2.05) is 0 Å². The predicted octanol–water partition coefficient (Wildman–Crippen LogP) is 4.56. The van der Waals surface area contributed by atoms with Crippen LogP contribution in [0, 0.1) is 11.6 Å². The van der Waals surface area contributed by atoms with Gasteiger partial charge in [-0.05, 0) is 48.9 Å². The summed E-state index contributed by atoms with van der Waals surface area (Å²) in [7, 11) is 0. The molecule has 0 aliphatic carbocycles. The number of carbonyl (C=O) groups is 1. The quantitative estimate of drug-likeness (QED) is 0.643. The molecule has 1 aromatic heterocycles. The standard InChI is InChI=1S/C20H18BrF2N3O/c21-13-10-17(23)16-12-19(24-18(16)11-13)20(27)26-7-1-6-25(8-9-26)15-4-2-14(22)3-5-15/h2-5,10-12,24H,1,6-9H2. The zero-order valence-corrected chi connectivity index (χ0v) is 16.1. The van der Waals surface area contributed by atoms with Crippen molar-refractivity contribution in [3.05, 3.63) is 64.3 Å². The average molecular weight is 434 g/mol. The Morgan fingerprint density at radius 3 is 2.56 bits per heavy atom. The molecular weight excluding hydrogens is 416 g/mol. The fourth-order valence-electron chi connectivity index (χ4n) is 3.48. The van der Waals surface area contributed by atoms with Gasteiger partial charge in [0, 0.05) is 41.7 Å². The number of amides is 1. The normalized spacial score (nSPS) is 15.2. The van der Waals surface area contributed by atoms with Crippen LogP contribution in [0.25, 0.3) is 10.9 Å². The maximum Gasteiger partial charge on any atom is 0.270 e. The molecule has 4 rings (SSSR count). The van der Waals surface area contributed by atoms with Gasteiger partial charge in [-0.2, -0.15) is 0 Å². The van der Waals surface area contributed by atoms with Crippen molar-refractivity contribution < 1.29 is 13.6 Å². The SMILES string of the molecule is O=C(c1cc2c(F)cc(Br)cc2[nH]1)N1CCCN(c2ccc(F)cc2)CC1. The van der Waals surface area contributed by atoms with Gasteiger partial charge >= 0.3 is 0 Å². The highest BCUT2D eigenvalue weighted by molar-refractivity contribution is 9.10.